The Bertz CT molecular complexity index is 799. The largest absolute Gasteiger partial charge is 0.347 e. The molecular formula is C19H21N3O2. The van der Waals surface area contributed by atoms with E-state index in [9.17, 15) is 9.59 Å². The van der Waals surface area contributed by atoms with Gasteiger partial charge in [-0.25, -0.2) is 4.79 Å². The van der Waals surface area contributed by atoms with Gasteiger partial charge in [-0.05, 0) is 47.7 Å². The van der Waals surface area contributed by atoms with E-state index in [0.717, 1.165) is 12.1 Å². The van der Waals surface area contributed by atoms with Crippen LogP contribution in [0.3, 0.4) is 0 Å². The van der Waals surface area contributed by atoms with E-state index in [2.05, 4.69) is 22.8 Å². The molecule has 124 valence electrons. The first-order chi connectivity index (χ1) is 11.5. The Morgan fingerprint density at radius 2 is 1.75 bits per heavy atom. The predicted molar refractivity (Wildman–Crippen MR) is 95.0 cm³/mol. The van der Waals surface area contributed by atoms with Crippen molar-refractivity contribution in [1.82, 2.24) is 10.2 Å². The third-order valence-electron chi connectivity index (χ3n) is 4.21. The Morgan fingerprint density at radius 3 is 2.50 bits per heavy atom. The van der Waals surface area contributed by atoms with Crippen molar-refractivity contribution in [1.29, 1.82) is 0 Å². The fourth-order valence-electron chi connectivity index (χ4n) is 3.04. The summed E-state index contributed by atoms with van der Waals surface area (Å²) in [6.45, 7) is 1.67. The number of nitrogens with one attached hydrogen (secondary N) is 2. The van der Waals surface area contributed by atoms with Gasteiger partial charge in [0.15, 0.2) is 0 Å². The molecule has 1 aliphatic carbocycles. The van der Waals surface area contributed by atoms with Crippen LogP contribution in [0.15, 0.2) is 42.5 Å². The Kier molecular flexibility index (Phi) is 4.25. The highest BCUT2D eigenvalue weighted by atomic mass is 16.2. The second-order valence-electron chi connectivity index (χ2n) is 6.26. The normalized spacial score (nSPS) is 12.8. The van der Waals surface area contributed by atoms with Crippen molar-refractivity contribution >= 4 is 17.6 Å². The Balaban J connectivity index is 1.68. The minimum Gasteiger partial charge on any atom is -0.347 e. The molecule has 0 heterocycles. The standard InChI is InChI=1S/C19H21N3O2/c1-12(18(23)22(2)3)20-19(24)21-15-8-9-17-14(11-15)10-13-6-4-5-7-16(13)17/h4-9,11-12H,10H2,1-3H3,(H2,20,21,24)/t12-/m0/s1. The van der Waals surface area contributed by atoms with Gasteiger partial charge < -0.3 is 15.5 Å². The van der Waals surface area contributed by atoms with Crippen molar-refractivity contribution in [3.05, 3.63) is 53.6 Å². The fourth-order valence-corrected chi connectivity index (χ4v) is 3.04. The highest BCUT2D eigenvalue weighted by molar-refractivity contribution is 5.94. The zero-order valence-corrected chi connectivity index (χ0v) is 14.1. The van der Waals surface area contributed by atoms with Gasteiger partial charge in [0, 0.05) is 19.8 Å². The van der Waals surface area contributed by atoms with Crippen molar-refractivity contribution in [3.63, 3.8) is 0 Å². The Labute approximate surface area is 141 Å². The number of rotatable bonds is 3. The average Bonchev–Trinajstić information content (AvgIpc) is 2.91. The molecule has 2 aromatic rings. The number of carbonyl (C=O) groups excluding carboxylic acids is 2. The zero-order valence-electron chi connectivity index (χ0n) is 14.1. The molecule has 0 saturated heterocycles. The molecule has 3 rings (SSSR count). The van der Waals surface area contributed by atoms with E-state index in [-0.39, 0.29) is 11.9 Å². The van der Waals surface area contributed by atoms with Gasteiger partial charge in [-0.2, -0.15) is 0 Å². The summed E-state index contributed by atoms with van der Waals surface area (Å²) < 4.78 is 0. The number of carbonyl (C=O) groups is 2. The van der Waals surface area contributed by atoms with E-state index >= 15 is 0 Å². The van der Waals surface area contributed by atoms with Crippen LogP contribution in [0, 0.1) is 0 Å². The molecular weight excluding hydrogens is 302 g/mol. The predicted octanol–water partition coefficient (Wildman–Crippen LogP) is 2.86. The van der Waals surface area contributed by atoms with Gasteiger partial charge in [0.1, 0.15) is 6.04 Å². The van der Waals surface area contributed by atoms with Crippen molar-refractivity contribution in [2.75, 3.05) is 19.4 Å². The van der Waals surface area contributed by atoms with Crippen LogP contribution in [0.5, 0.6) is 0 Å². The molecule has 0 radical (unpaired) electrons. The Hall–Kier alpha value is -2.82. The molecule has 0 aromatic heterocycles. The molecule has 3 amide bonds. The third-order valence-corrected chi connectivity index (χ3v) is 4.21. The molecule has 2 aromatic carbocycles. The molecule has 5 heteroatoms. The maximum absolute atomic E-state index is 12.1. The molecule has 0 aliphatic heterocycles. The molecule has 1 atom stereocenters. The molecule has 0 unspecified atom stereocenters. The number of benzene rings is 2. The Morgan fingerprint density at radius 1 is 1.04 bits per heavy atom. The lowest BCUT2D eigenvalue weighted by atomic mass is 10.1. The quantitative estimate of drug-likeness (QED) is 0.778. The third kappa shape index (κ3) is 3.11. The van der Waals surface area contributed by atoms with Gasteiger partial charge in [-0.3, -0.25) is 4.79 Å². The van der Waals surface area contributed by atoms with Crippen molar-refractivity contribution in [2.24, 2.45) is 0 Å². The van der Waals surface area contributed by atoms with E-state index in [1.807, 2.05) is 30.3 Å². The van der Waals surface area contributed by atoms with Crippen LogP contribution in [-0.2, 0) is 11.2 Å². The van der Waals surface area contributed by atoms with E-state index in [0.29, 0.717) is 0 Å². The lowest BCUT2D eigenvalue weighted by Gasteiger charge is -2.18. The maximum Gasteiger partial charge on any atom is 0.319 e. The average molecular weight is 323 g/mol. The zero-order chi connectivity index (χ0) is 17.3. The van der Waals surface area contributed by atoms with E-state index < -0.39 is 6.04 Å². The minimum absolute atomic E-state index is 0.144. The van der Waals surface area contributed by atoms with Crippen LogP contribution >= 0.6 is 0 Å². The minimum atomic E-state index is -0.571. The first-order valence-corrected chi connectivity index (χ1v) is 7.95. The van der Waals surface area contributed by atoms with Gasteiger partial charge >= 0.3 is 6.03 Å². The second-order valence-corrected chi connectivity index (χ2v) is 6.26. The number of urea groups is 1. The summed E-state index contributed by atoms with van der Waals surface area (Å²) >= 11 is 0. The summed E-state index contributed by atoms with van der Waals surface area (Å²) in [6.07, 6.45) is 0.873. The summed E-state index contributed by atoms with van der Waals surface area (Å²) in [7, 11) is 3.33. The van der Waals surface area contributed by atoms with E-state index in [1.165, 1.54) is 27.2 Å². The SMILES string of the molecule is C[C@H](NC(=O)Nc1ccc2c(c1)Cc1ccccc1-2)C(=O)N(C)C. The fraction of sp³-hybridized carbons (Fsp3) is 0.263. The van der Waals surface area contributed by atoms with Crippen LogP contribution < -0.4 is 10.6 Å². The summed E-state index contributed by atoms with van der Waals surface area (Å²) in [6, 6.07) is 13.3. The lowest BCUT2D eigenvalue weighted by Crippen LogP contribution is -2.45. The number of hydrogen-bond acceptors (Lipinski definition) is 2. The van der Waals surface area contributed by atoms with Gasteiger partial charge in [-0.15, -0.1) is 0 Å². The molecule has 5 nitrogen and oxygen atoms in total. The van der Waals surface area contributed by atoms with Gasteiger partial charge in [0.05, 0.1) is 0 Å². The number of amides is 3. The number of likely N-dealkylation sites (N-methyl/N-ethyl adjacent to an activating group) is 1. The number of anilines is 1. The van der Waals surface area contributed by atoms with Crippen LogP contribution in [0.2, 0.25) is 0 Å². The van der Waals surface area contributed by atoms with Crippen LogP contribution in [0.1, 0.15) is 18.1 Å². The lowest BCUT2D eigenvalue weighted by molar-refractivity contribution is -0.130. The molecule has 0 bridgehead atoms. The smallest absolute Gasteiger partial charge is 0.319 e. The molecule has 1 aliphatic rings. The van der Waals surface area contributed by atoms with E-state index in [4.69, 9.17) is 0 Å². The first kappa shape index (κ1) is 16.1. The molecule has 2 N–H and O–H groups in total. The van der Waals surface area contributed by atoms with Gasteiger partial charge in [0.2, 0.25) is 5.91 Å². The first-order valence-electron chi connectivity index (χ1n) is 7.95. The number of nitrogens with zero attached hydrogens (tertiary/aromatic N) is 1. The topological polar surface area (TPSA) is 61.4 Å². The molecule has 0 saturated carbocycles. The maximum atomic E-state index is 12.1. The highest BCUT2D eigenvalue weighted by Gasteiger charge is 2.19. The number of fused-ring (bicyclic) bond motifs is 3. The monoisotopic (exact) mass is 323 g/mol. The second kappa shape index (κ2) is 6.35. The molecule has 0 spiro atoms. The van der Waals surface area contributed by atoms with Crippen molar-refractivity contribution in [3.8, 4) is 11.1 Å². The summed E-state index contributed by atoms with van der Waals surface area (Å²) in [5, 5.41) is 5.46. The van der Waals surface area contributed by atoms with Gasteiger partial charge in [-0.1, -0.05) is 30.3 Å². The number of hydrogen-bond donors (Lipinski definition) is 2. The summed E-state index contributed by atoms with van der Waals surface area (Å²) in [5.41, 5.74) is 5.70. The van der Waals surface area contributed by atoms with Gasteiger partial charge in [0.25, 0.3) is 0 Å². The summed E-state index contributed by atoms with van der Waals surface area (Å²) in [4.78, 5) is 25.3. The summed E-state index contributed by atoms with van der Waals surface area (Å²) in [5.74, 6) is -0.144. The van der Waals surface area contributed by atoms with Crippen molar-refractivity contribution in [2.45, 2.75) is 19.4 Å². The molecule has 24 heavy (non-hydrogen) atoms. The van der Waals surface area contributed by atoms with Crippen LogP contribution in [0.25, 0.3) is 11.1 Å². The van der Waals surface area contributed by atoms with Crippen molar-refractivity contribution < 1.29 is 9.59 Å². The molecule has 0 fully saturated rings. The highest BCUT2D eigenvalue weighted by Crippen LogP contribution is 2.37. The van der Waals surface area contributed by atoms with E-state index in [1.54, 1.807) is 21.0 Å². The van der Waals surface area contributed by atoms with Crippen LogP contribution in [-0.4, -0.2) is 37.0 Å². The van der Waals surface area contributed by atoms with Crippen LogP contribution in [0.4, 0.5) is 10.5 Å².